The normalized spacial score (nSPS) is 11.3. The number of hydrogen-bond acceptors (Lipinski definition) is 4. The standard InChI is InChI=1S/C7H16O4Si/c1-9-7(8)5-6-12(4,10-2)11-3/h5-6H2,1-4H3. The van der Waals surface area contributed by atoms with Crippen molar-refractivity contribution in [3.63, 3.8) is 0 Å². The van der Waals surface area contributed by atoms with Crippen LogP contribution in [0.25, 0.3) is 0 Å². The number of esters is 1. The summed E-state index contributed by atoms with van der Waals surface area (Å²) < 4.78 is 14.9. The van der Waals surface area contributed by atoms with Crippen molar-refractivity contribution in [3.05, 3.63) is 0 Å². The summed E-state index contributed by atoms with van der Waals surface area (Å²) in [5, 5.41) is 0. The molecule has 0 aromatic carbocycles. The summed E-state index contributed by atoms with van der Waals surface area (Å²) in [6.07, 6.45) is 0.362. The quantitative estimate of drug-likeness (QED) is 0.480. The minimum atomic E-state index is -2.08. The van der Waals surface area contributed by atoms with E-state index in [0.717, 1.165) is 0 Å². The van der Waals surface area contributed by atoms with Crippen molar-refractivity contribution in [1.82, 2.24) is 0 Å². The Bertz CT molecular complexity index is 144. The van der Waals surface area contributed by atoms with Gasteiger partial charge in [-0.25, -0.2) is 0 Å². The molecule has 0 N–H and O–H groups in total. The molecule has 0 aromatic rings. The van der Waals surface area contributed by atoms with Crippen LogP contribution in [0, 0.1) is 0 Å². The van der Waals surface area contributed by atoms with Crippen molar-refractivity contribution >= 4 is 14.5 Å². The zero-order valence-electron chi connectivity index (χ0n) is 8.05. The molecule has 0 atom stereocenters. The summed E-state index contributed by atoms with van der Waals surface area (Å²) in [4.78, 5) is 10.8. The molecule has 0 aliphatic carbocycles. The number of rotatable bonds is 5. The lowest BCUT2D eigenvalue weighted by Gasteiger charge is -2.21. The van der Waals surface area contributed by atoms with Gasteiger partial charge in [-0.2, -0.15) is 0 Å². The minimum absolute atomic E-state index is 0.220. The Morgan fingerprint density at radius 3 is 2.08 bits per heavy atom. The second-order valence-corrected chi connectivity index (χ2v) is 6.20. The maximum atomic E-state index is 10.8. The Labute approximate surface area is 74.1 Å². The van der Waals surface area contributed by atoms with Crippen molar-refractivity contribution < 1.29 is 18.4 Å². The van der Waals surface area contributed by atoms with Crippen LogP contribution in [0.15, 0.2) is 0 Å². The second-order valence-electron chi connectivity index (χ2n) is 2.62. The third kappa shape index (κ3) is 3.84. The average molecular weight is 192 g/mol. The molecule has 0 fully saturated rings. The highest BCUT2D eigenvalue weighted by molar-refractivity contribution is 6.66. The van der Waals surface area contributed by atoms with Gasteiger partial charge in [0, 0.05) is 26.7 Å². The van der Waals surface area contributed by atoms with Gasteiger partial charge in [-0.05, 0) is 6.55 Å². The van der Waals surface area contributed by atoms with Gasteiger partial charge in [-0.1, -0.05) is 0 Å². The molecule has 0 radical (unpaired) electrons. The molecule has 5 heteroatoms. The predicted molar refractivity (Wildman–Crippen MR) is 47.1 cm³/mol. The van der Waals surface area contributed by atoms with Crippen LogP contribution in [0.4, 0.5) is 0 Å². The van der Waals surface area contributed by atoms with E-state index in [1.54, 1.807) is 14.2 Å². The second kappa shape index (κ2) is 5.29. The highest BCUT2D eigenvalue weighted by Crippen LogP contribution is 2.13. The summed E-state index contributed by atoms with van der Waals surface area (Å²) in [6, 6.07) is 0.632. The van der Waals surface area contributed by atoms with Crippen molar-refractivity contribution in [2.24, 2.45) is 0 Å². The van der Waals surface area contributed by atoms with Crippen LogP contribution in [0.2, 0.25) is 12.6 Å². The van der Waals surface area contributed by atoms with E-state index in [1.807, 2.05) is 6.55 Å². The molecule has 0 unspecified atom stereocenters. The molecule has 0 heterocycles. The van der Waals surface area contributed by atoms with E-state index < -0.39 is 8.56 Å². The summed E-state index contributed by atoms with van der Waals surface area (Å²) in [7, 11) is 2.51. The maximum Gasteiger partial charge on any atom is 0.334 e. The van der Waals surface area contributed by atoms with Gasteiger partial charge < -0.3 is 13.6 Å². The van der Waals surface area contributed by atoms with Crippen molar-refractivity contribution in [2.45, 2.75) is 19.0 Å². The van der Waals surface area contributed by atoms with E-state index in [0.29, 0.717) is 12.5 Å². The van der Waals surface area contributed by atoms with E-state index in [-0.39, 0.29) is 5.97 Å². The van der Waals surface area contributed by atoms with E-state index in [9.17, 15) is 4.79 Å². The average Bonchev–Trinajstić information content (AvgIpc) is 2.13. The van der Waals surface area contributed by atoms with Crippen LogP contribution >= 0.6 is 0 Å². The van der Waals surface area contributed by atoms with E-state index >= 15 is 0 Å². The molecule has 12 heavy (non-hydrogen) atoms. The topological polar surface area (TPSA) is 44.8 Å². The fourth-order valence-corrected chi connectivity index (χ4v) is 1.95. The molecular formula is C7H16O4Si. The van der Waals surface area contributed by atoms with Gasteiger partial charge in [0.05, 0.1) is 7.11 Å². The Morgan fingerprint density at radius 2 is 1.75 bits per heavy atom. The highest BCUT2D eigenvalue weighted by atomic mass is 28.4. The molecular weight excluding hydrogens is 176 g/mol. The van der Waals surface area contributed by atoms with Crippen LogP contribution in [0.3, 0.4) is 0 Å². The largest absolute Gasteiger partial charge is 0.469 e. The summed E-state index contributed by atoms with van der Waals surface area (Å²) >= 11 is 0. The van der Waals surface area contributed by atoms with Gasteiger partial charge in [0.25, 0.3) is 0 Å². The fraction of sp³-hybridized carbons (Fsp3) is 0.857. The molecule has 0 saturated heterocycles. The lowest BCUT2D eigenvalue weighted by atomic mass is 10.5. The number of ether oxygens (including phenoxy) is 1. The molecule has 0 spiro atoms. The first-order valence-electron chi connectivity index (χ1n) is 3.75. The van der Waals surface area contributed by atoms with E-state index in [1.165, 1.54) is 7.11 Å². The molecule has 0 bridgehead atoms. The SMILES string of the molecule is COC(=O)CC[Si](C)(OC)OC. The Hall–Kier alpha value is -0.393. The van der Waals surface area contributed by atoms with Crippen molar-refractivity contribution in [3.8, 4) is 0 Å². The van der Waals surface area contributed by atoms with E-state index in [2.05, 4.69) is 4.74 Å². The number of methoxy groups -OCH3 is 1. The third-order valence-corrected chi connectivity index (χ3v) is 4.76. The number of carbonyl (C=O) groups excluding carboxylic acids is 1. The smallest absolute Gasteiger partial charge is 0.334 e. The third-order valence-electron chi connectivity index (χ3n) is 1.87. The Balaban J connectivity index is 3.80. The van der Waals surface area contributed by atoms with Crippen LogP contribution < -0.4 is 0 Å². The minimum Gasteiger partial charge on any atom is -0.469 e. The molecule has 72 valence electrons. The lowest BCUT2D eigenvalue weighted by Crippen LogP contribution is -2.36. The maximum absolute atomic E-state index is 10.8. The molecule has 0 aliphatic rings. The molecule has 0 aliphatic heterocycles. The molecule has 0 aromatic heterocycles. The van der Waals surface area contributed by atoms with Gasteiger partial charge in [0.15, 0.2) is 0 Å². The van der Waals surface area contributed by atoms with Crippen molar-refractivity contribution in [2.75, 3.05) is 21.3 Å². The van der Waals surface area contributed by atoms with Gasteiger partial charge in [-0.15, -0.1) is 0 Å². The summed E-state index contributed by atoms with van der Waals surface area (Å²) in [5.74, 6) is -0.220. The van der Waals surface area contributed by atoms with Gasteiger partial charge >= 0.3 is 14.5 Å². The van der Waals surface area contributed by atoms with Crippen LogP contribution in [-0.2, 0) is 18.4 Å². The first-order valence-corrected chi connectivity index (χ1v) is 6.27. The predicted octanol–water partition coefficient (Wildman–Crippen LogP) is 0.914. The zero-order valence-corrected chi connectivity index (χ0v) is 9.05. The van der Waals surface area contributed by atoms with Gasteiger partial charge in [0.1, 0.15) is 0 Å². The molecule has 0 saturated carbocycles. The fourth-order valence-electron chi connectivity index (χ4n) is 0.719. The monoisotopic (exact) mass is 192 g/mol. The summed E-state index contributed by atoms with van der Waals surface area (Å²) in [5.41, 5.74) is 0. The molecule has 0 rings (SSSR count). The van der Waals surface area contributed by atoms with Crippen LogP contribution in [0.5, 0.6) is 0 Å². The Kier molecular flexibility index (Phi) is 5.11. The van der Waals surface area contributed by atoms with Gasteiger partial charge in [-0.3, -0.25) is 4.79 Å². The first kappa shape index (κ1) is 11.6. The summed E-state index contributed by atoms with van der Waals surface area (Å²) in [6.45, 7) is 1.91. The van der Waals surface area contributed by atoms with Crippen LogP contribution in [0.1, 0.15) is 6.42 Å². The number of carbonyl (C=O) groups is 1. The van der Waals surface area contributed by atoms with Crippen LogP contribution in [-0.4, -0.2) is 35.9 Å². The molecule has 0 amide bonds. The zero-order chi connectivity index (χ0) is 9.61. The molecule has 4 nitrogen and oxygen atoms in total. The lowest BCUT2D eigenvalue weighted by molar-refractivity contribution is -0.140. The highest BCUT2D eigenvalue weighted by Gasteiger charge is 2.29. The number of hydrogen-bond donors (Lipinski definition) is 0. The van der Waals surface area contributed by atoms with E-state index in [4.69, 9.17) is 8.85 Å². The van der Waals surface area contributed by atoms with Gasteiger partial charge in [0.2, 0.25) is 0 Å². The first-order chi connectivity index (χ1) is 5.58. The Morgan fingerprint density at radius 1 is 1.25 bits per heavy atom. The van der Waals surface area contributed by atoms with Crippen molar-refractivity contribution in [1.29, 1.82) is 0 Å².